The molecule has 31 heavy (non-hydrogen) atoms. The fraction of sp³-hybridized carbons (Fsp3) is 0.0714. The third kappa shape index (κ3) is 1.82. The maximum atomic E-state index is 10.4. The van der Waals surface area contributed by atoms with E-state index in [4.69, 9.17) is 0 Å². The van der Waals surface area contributed by atoms with Gasteiger partial charge in [0.25, 0.3) is 0 Å². The molecule has 0 spiro atoms. The van der Waals surface area contributed by atoms with Crippen molar-refractivity contribution in [2.45, 2.75) is 6.92 Å². The number of hydrogen-bond acceptors (Lipinski definition) is 1. The molecule has 0 aliphatic rings. The Labute approximate surface area is 178 Å². The van der Waals surface area contributed by atoms with Crippen LogP contribution >= 0.6 is 0 Å². The lowest BCUT2D eigenvalue weighted by Gasteiger charge is -2.16. The second kappa shape index (κ2) is 5.50. The van der Waals surface area contributed by atoms with E-state index in [0.717, 1.165) is 32.8 Å². The lowest BCUT2D eigenvalue weighted by atomic mass is 9.92. The molecule has 0 fully saturated rings. The van der Waals surface area contributed by atoms with Crippen molar-refractivity contribution in [3.05, 3.63) is 84.1 Å². The zero-order valence-electron chi connectivity index (χ0n) is 17.3. The number of fused-ring (bicyclic) bond motifs is 7. The first-order valence-electron chi connectivity index (χ1n) is 10.5. The Balaban J connectivity index is 2.04. The molecular formula is C28H18N3+. The number of pyridine rings is 2. The average molecular weight is 396 g/mol. The molecule has 0 radical (unpaired) electrons. The summed E-state index contributed by atoms with van der Waals surface area (Å²) in [5, 5.41) is 18.6. The Morgan fingerprint density at radius 1 is 0.774 bits per heavy atom. The van der Waals surface area contributed by atoms with E-state index < -0.39 is 0 Å². The van der Waals surface area contributed by atoms with E-state index in [9.17, 15) is 5.26 Å². The van der Waals surface area contributed by atoms with Gasteiger partial charge in [-0.2, -0.15) is 5.26 Å². The van der Waals surface area contributed by atoms with Gasteiger partial charge in [-0.25, -0.2) is 4.57 Å². The second-order valence-electron chi connectivity index (χ2n) is 8.43. The highest BCUT2D eigenvalue weighted by atomic mass is 15.0. The third-order valence-electron chi connectivity index (χ3n) is 6.96. The minimum absolute atomic E-state index is 0.741. The molecule has 4 aromatic carbocycles. The second-order valence-corrected chi connectivity index (χ2v) is 8.43. The average Bonchev–Trinajstić information content (AvgIpc) is 3.15. The van der Waals surface area contributed by atoms with Crippen LogP contribution in [0.5, 0.6) is 0 Å². The maximum absolute atomic E-state index is 10.4. The number of aryl methyl sites for hydroxylation is 2. The number of nitrogens with zero attached hydrogens (tertiary/aromatic N) is 3. The summed E-state index contributed by atoms with van der Waals surface area (Å²) < 4.78 is 4.55. The number of para-hydroxylation sites is 1. The van der Waals surface area contributed by atoms with E-state index in [1.54, 1.807) is 0 Å². The predicted molar refractivity (Wildman–Crippen MR) is 127 cm³/mol. The molecule has 0 N–H and O–H groups in total. The highest BCUT2D eigenvalue weighted by Gasteiger charge is 2.26. The van der Waals surface area contributed by atoms with E-state index in [1.807, 2.05) is 6.07 Å². The number of benzene rings is 4. The SMILES string of the molecule is Cc1c2ccccc2c(C#N)c2c1c1c3c(ccc4c5ccccc5n2c43)cc[n+]1C. The molecule has 0 atom stereocenters. The summed E-state index contributed by atoms with van der Waals surface area (Å²) in [5.74, 6) is 0. The van der Waals surface area contributed by atoms with Crippen molar-refractivity contribution in [1.29, 1.82) is 5.26 Å². The van der Waals surface area contributed by atoms with E-state index in [0.29, 0.717) is 0 Å². The zero-order chi connectivity index (χ0) is 20.9. The smallest absolute Gasteiger partial charge is 0.224 e. The van der Waals surface area contributed by atoms with Crippen LogP contribution in [0.15, 0.2) is 72.9 Å². The lowest BCUT2D eigenvalue weighted by Crippen LogP contribution is -2.29. The Morgan fingerprint density at radius 3 is 2.32 bits per heavy atom. The van der Waals surface area contributed by atoms with Crippen molar-refractivity contribution in [2.24, 2.45) is 7.05 Å². The van der Waals surface area contributed by atoms with Gasteiger partial charge in [-0.05, 0) is 29.3 Å². The first-order chi connectivity index (χ1) is 15.2. The highest BCUT2D eigenvalue weighted by Crippen LogP contribution is 2.43. The minimum Gasteiger partial charge on any atom is -0.306 e. The third-order valence-corrected chi connectivity index (χ3v) is 6.96. The molecule has 0 aliphatic carbocycles. The molecular weight excluding hydrogens is 378 g/mol. The van der Waals surface area contributed by atoms with Gasteiger partial charge in [0, 0.05) is 22.2 Å². The van der Waals surface area contributed by atoms with Gasteiger partial charge in [-0.1, -0.05) is 54.6 Å². The molecule has 0 unspecified atom stereocenters. The molecule has 3 heterocycles. The van der Waals surface area contributed by atoms with Gasteiger partial charge in [-0.3, -0.25) is 0 Å². The van der Waals surface area contributed by atoms with E-state index in [1.165, 1.54) is 38.1 Å². The van der Waals surface area contributed by atoms with Crippen LogP contribution in [0.4, 0.5) is 0 Å². The summed E-state index contributed by atoms with van der Waals surface area (Å²) >= 11 is 0. The summed E-state index contributed by atoms with van der Waals surface area (Å²) in [6.07, 6.45) is 2.13. The summed E-state index contributed by atoms with van der Waals surface area (Å²) in [6, 6.07) is 26.0. The number of hydrogen-bond donors (Lipinski definition) is 0. The molecule has 144 valence electrons. The van der Waals surface area contributed by atoms with Crippen molar-refractivity contribution in [2.75, 3.05) is 0 Å². The Morgan fingerprint density at radius 2 is 1.52 bits per heavy atom. The van der Waals surface area contributed by atoms with Crippen molar-refractivity contribution in [1.82, 2.24) is 4.40 Å². The van der Waals surface area contributed by atoms with Crippen LogP contribution in [0.25, 0.3) is 59.8 Å². The van der Waals surface area contributed by atoms with Gasteiger partial charge in [-0.15, -0.1) is 0 Å². The molecule has 3 nitrogen and oxygen atoms in total. The van der Waals surface area contributed by atoms with Crippen LogP contribution in [-0.4, -0.2) is 4.40 Å². The van der Waals surface area contributed by atoms with Crippen LogP contribution < -0.4 is 4.57 Å². The van der Waals surface area contributed by atoms with Gasteiger partial charge >= 0.3 is 0 Å². The molecule has 0 saturated carbocycles. The first-order valence-corrected chi connectivity index (χ1v) is 10.5. The van der Waals surface area contributed by atoms with Crippen LogP contribution in [0.3, 0.4) is 0 Å². The fourth-order valence-corrected chi connectivity index (χ4v) is 5.66. The van der Waals surface area contributed by atoms with Crippen molar-refractivity contribution in [3.8, 4) is 6.07 Å². The highest BCUT2D eigenvalue weighted by molar-refractivity contribution is 6.29. The number of nitriles is 1. The molecule has 0 bridgehead atoms. The van der Waals surface area contributed by atoms with Crippen LogP contribution in [0.1, 0.15) is 11.1 Å². The van der Waals surface area contributed by atoms with Gasteiger partial charge in [0.15, 0.2) is 6.20 Å². The largest absolute Gasteiger partial charge is 0.306 e. The van der Waals surface area contributed by atoms with Crippen molar-refractivity contribution >= 4 is 59.8 Å². The summed E-state index contributed by atoms with van der Waals surface area (Å²) in [7, 11) is 2.11. The van der Waals surface area contributed by atoms with E-state index in [2.05, 4.69) is 95.9 Å². The van der Waals surface area contributed by atoms with Gasteiger partial charge < -0.3 is 4.40 Å². The Hall–Kier alpha value is -4.16. The summed E-state index contributed by atoms with van der Waals surface area (Å²) in [4.78, 5) is 0. The Bertz CT molecular complexity index is 1920. The molecule has 7 rings (SSSR count). The summed E-state index contributed by atoms with van der Waals surface area (Å²) in [6.45, 7) is 2.19. The van der Waals surface area contributed by atoms with Crippen LogP contribution in [-0.2, 0) is 7.05 Å². The van der Waals surface area contributed by atoms with Crippen LogP contribution in [0, 0.1) is 18.3 Å². The maximum Gasteiger partial charge on any atom is 0.224 e. The van der Waals surface area contributed by atoms with E-state index in [-0.39, 0.29) is 0 Å². The molecule has 3 aromatic heterocycles. The zero-order valence-corrected chi connectivity index (χ0v) is 17.3. The standard InChI is InChI=1S/C28H18N3/c1-16-18-7-3-4-8-19(18)22(15-29)27-24(16)28-25-17(13-14-30(28)2)11-12-21-20-9-5-6-10-23(20)31(27)26(21)25/h3-14H,1-2H3/q+1. The Kier molecular flexibility index (Phi) is 2.95. The molecule has 3 heteroatoms. The molecule has 0 aliphatic heterocycles. The van der Waals surface area contributed by atoms with Gasteiger partial charge in [0.2, 0.25) is 5.52 Å². The molecule has 0 amide bonds. The minimum atomic E-state index is 0.741. The number of aromatic nitrogens is 2. The summed E-state index contributed by atoms with van der Waals surface area (Å²) in [5.41, 5.74) is 6.50. The topological polar surface area (TPSA) is 32.1 Å². The molecule has 7 aromatic rings. The predicted octanol–water partition coefficient (Wildman–Crippen LogP) is 6.15. The van der Waals surface area contributed by atoms with Crippen molar-refractivity contribution in [3.63, 3.8) is 0 Å². The van der Waals surface area contributed by atoms with Crippen molar-refractivity contribution < 1.29 is 4.57 Å². The monoisotopic (exact) mass is 396 g/mol. The van der Waals surface area contributed by atoms with E-state index >= 15 is 0 Å². The quantitative estimate of drug-likeness (QED) is 0.172. The number of rotatable bonds is 0. The lowest BCUT2D eigenvalue weighted by molar-refractivity contribution is -0.643. The first kappa shape index (κ1) is 16.6. The van der Waals surface area contributed by atoms with Gasteiger partial charge in [0.1, 0.15) is 13.1 Å². The van der Waals surface area contributed by atoms with Crippen LogP contribution in [0.2, 0.25) is 0 Å². The molecule has 0 saturated heterocycles. The fourth-order valence-electron chi connectivity index (χ4n) is 5.66. The van der Waals surface area contributed by atoms with Gasteiger partial charge in [0.05, 0.1) is 32.9 Å². The normalized spacial score (nSPS) is 12.2.